The number of anilines is 1. The molecule has 0 aliphatic carbocycles. The van der Waals surface area contributed by atoms with Crippen LogP contribution in [0.25, 0.3) is 17.1 Å². The first-order valence-corrected chi connectivity index (χ1v) is 13.6. The number of benzene rings is 3. The number of aromatic nitrogens is 3. The van der Waals surface area contributed by atoms with Crippen LogP contribution >= 0.6 is 11.8 Å². The predicted octanol–water partition coefficient (Wildman–Crippen LogP) is 5.04. The van der Waals surface area contributed by atoms with Gasteiger partial charge >= 0.3 is 0 Å². The molecule has 0 atom stereocenters. The van der Waals surface area contributed by atoms with Crippen LogP contribution in [-0.2, 0) is 4.79 Å². The van der Waals surface area contributed by atoms with Gasteiger partial charge in [0.15, 0.2) is 11.0 Å². The van der Waals surface area contributed by atoms with E-state index in [-0.39, 0.29) is 11.7 Å². The van der Waals surface area contributed by atoms with Crippen LogP contribution < -0.4 is 19.8 Å². The Kier molecular flexibility index (Phi) is 9.58. The molecule has 4 aromatic rings. The number of carbonyl (C=O) groups excluding carboxylic acids is 1. The smallest absolute Gasteiger partial charge is 0.250 e. The molecule has 4 rings (SSSR count). The van der Waals surface area contributed by atoms with Crippen molar-refractivity contribution in [1.29, 1.82) is 0 Å². The Morgan fingerprint density at radius 3 is 2.13 bits per heavy atom. The Hall–Kier alpha value is -4.31. The van der Waals surface area contributed by atoms with Gasteiger partial charge in [-0.3, -0.25) is 9.36 Å². The molecular formula is C29H32N6O3S. The van der Waals surface area contributed by atoms with Crippen molar-refractivity contribution >= 4 is 29.6 Å². The van der Waals surface area contributed by atoms with Crippen molar-refractivity contribution in [3.8, 4) is 28.6 Å². The molecule has 1 heterocycles. The lowest BCUT2D eigenvalue weighted by Gasteiger charge is -2.20. The fraction of sp³-hybridized carbons (Fsp3) is 0.241. The maximum Gasteiger partial charge on any atom is 0.250 e. The normalized spacial score (nSPS) is 11.0. The number of carbonyl (C=O) groups is 1. The molecule has 0 saturated heterocycles. The van der Waals surface area contributed by atoms with Gasteiger partial charge in [0.25, 0.3) is 5.91 Å². The van der Waals surface area contributed by atoms with Crippen molar-refractivity contribution in [2.45, 2.75) is 19.0 Å². The molecule has 0 saturated carbocycles. The monoisotopic (exact) mass is 544 g/mol. The summed E-state index contributed by atoms with van der Waals surface area (Å²) in [5, 5.41) is 13.5. The van der Waals surface area contributed by atoms with E-state index in [1.54, 1.807) is 20.4 Å². The summed E-state index contributed by atoms with van der Waals surface area (Å²) in [6.07, 6.45) is 1.64. The van der Waals surface area contributed by atoms with Crippen LogP contribution in [0.3, 0.4) is 0 Å². The summed E-state index contributed by atoms with van der Waals surface area (Å²) in [5.41, 5.74) is 6.38. The molecule has 1 N–H and O–H groups in total. The third-order valence-electron chi connectivity index (χ3n) is 6.07. The molecule has 0 unspecified atom stereocenters. The number of hydrogen-bond acceptors (Lipinski definition) is 8. The molecule has 0 aliphatic heterocycles. The number of nitrogens with one attached hydrogen (secondary N) is 1. The predicted molar refractivity (Wildman–Crippen MR) is 156 cm³/mol. The lowest BCUT2D eigenvalue weighted by Crippen LogP contribution is -2.21. The van der Waals surface area contributed by atoms with Crippen molar-refractivity contribution in [2.24, 2.45) is 5.10 Å². The molecular weight excluding hydrogens is 512 g/mol. The average molecular weight is 545 g/mol. The SMILES string of the molecule is CCN(CC)c1ccc(C=NNC(=O)CSc2nnc(-c3ccc(OC)cc3)n2-c2ccc(OC)cc2)cc1. The first-order valence-electron chi connectivity index (χ1n) is 12.6. The van der Waals surface area contributed by atoms with Gasteiger partial charge < -0.3 is 14.4 Å². The van der Waals surface area contributed by atoms with Crippen LogP contribution in [0.2, 0.25) is 0 Å². The molecule has 3 aromatic carbocycles. The number of methoxy groups -OCH3 is 2. The maximum atomic E-state index is 12.6. The van der Waals surface area contributed by atoms with E-state index in [4.69, 9.17) is 9.47 Å². The Morgan fingerprint density at radius 1 is 0.923 bits per heavy atom. The Morgan fingerprint density at radius 2 is 1.54 bits per heavy atom. The van der Waals surface area contributed by atoms with Crippen LogP contribution in [-0.4, -0.2) is 59.9 Å². The minimum absolute atomic E-state index is 0.120. The highest BCUT2D eigenvalue weighted by Gasteiger charge is 2.17. The first-order chi connectivity index (χ1) is 19.1. The van der Waals surface area contributed by atoms with E-state index in [9.17, 15) is 4.79 Å². The zero-order valence-electron chi connectivity index (χ0n) is 22.5. The summed E-state index contributed by atoms with van der Waals surface area (Å²) < 4.78 is 12.5. The van der Waals surface area contributed by atoms with Gasteiger partial charge in [-0.05, 0) is 80.1 Å². The number of hydrazone groups is 1. The Labute approximate surface area is 232 Å². The van der Waals surface area contributed by atoms with Crippen molar-refractivity contribution in [1.82, 2.24) is 20.2 Å². The van der Waals surface area contributed by atoms with E-state index >= 15 is 0 Å². The van der Waals surface area contributed by atoms with Gasteiger partial charge in [0.2, 0.25) is 0 Å². The molecule has 0 bridgehead atoms. The van der Waals surface area contributed by atoms with Gasteiger partial charge in [-0.1, -0.05) is 23.9 Å². The summed E-state index contributed by atoms with van der Waals surface area (Å²) in [6.45, 7) is 6.16. The third kappa shape index (κ3) is 6.97. The molecule has 1 amide bonds. The van der Waals surface area contributed by atoms with Gasteiger partial charge in [-0.25, -0.2) is 5.43 Å². The van der Waals surface area contributed by atoms with Crippen LogP contribution in [0.15, 0.2) is 83.1 Å². The van der Waals surface area contributed by atoms with E-state index in [0.29, 0.717) is 11.0 Å². The summed E-state index contributed by atoms with van der Waals surface area (Å²) >= 11 is 1.28. The summed E-state index contributed by atoms with van der Waals surface area (Å²) in [6, 6.07) is 23.3. The highest BCUT2D eigenvalue weighted by atomic mass is 32.2. The van der Waals surface area contributed by atoms with Crippen LogP contribution in [0, 0.1) is 0 Å². The van der Waals surface area contributed by atoms with Crippen molar-refractivity contribution in [2.75, 3.05) is 38.0 Å². The van der Waals surface area contributed by atoms with E-state index in [0.717, 1.165) is 47.1 Å². The quantitative estimate of drug-likeness (QED) is 0.152. The molecule has 202 valence electrons. The molecule has 0 aliphatic rings. The van der Waals surface area contributed by atoms with Crippen LogP contribution in [0.5, 0.6) is 11.5 Å². The van der Waals surface area contributed by atoms with Gasteiger partial charge in [-0.15, -0.1) is 10.2 Å². The Balaban J connectivity index is 1.46. The standard InChI is InChI=1S/C29H32N6O3S/c1-5-34(6-2)23-11-7-21(8-12-23)19-30-31-27(36)20-39-29-33-32-28(22-9-15-25(37-3)16-10-22)35(29)24-13-17-26(38-4)18-14-24/h7-19H,5-6,20H2,1-4H3,(H,31,36). The number of hydrogen-bond donors (Lipinski definition) is 1. The van der Waals surface area contributed by atoms with E-state index < -0.39 is 0 Å². The second kappa shape index (κ2) is 13.5. The highest BCUT2D eigenvalue weighted by molar-refractivity contribution is 7.99. The average Bonchev–Trinajstić information content (AvgIpc) is 3.41. The zero-order valence-corrected chi connectivity index (χ0v) is 23.3. The molecule has 1 aromatic heterocycles. The summed E-state index contributed by atoms with van der Waals surface area (Å²) in [5.74, 6) is 2.02. The third-order valence-corrected chi connectivity index (χ3v) is 7.00. The van der Waals surface area contributed by atoms with Gasteiger partial charge in [0.05, 0.1) is 26.2 Å². The van der Waals surface area contributed by atoms with E-state index in [1.165, 1.54) is 11.8 Å². The van der Waals surface area contributed by atoms with Crippen LogP contribution in [0.1, 0.15) is 19.4 Å². The number of nitrogens with zero attached hydrogens (tertiary/aromatic N) is 5. The number of amides is 1. The summed E-state index contributed by atoms with van der Waals surface area (Å²) in [4.78, 5) is 14.8. The minimum Gasteiger partial charge on any atom is -0.497 e. The number of thioether (sulfide) groups is 1. The minimum atomic E-state index is -0.244. The second-order valence-corrected chi connectivity index (χ2v) is 9.36. The van der Waals surface area contributed by atoms with Gasteiger partial charge in [0, 0.05) is 30.0 Å². The fourth-order valence-corrected chi connectivity index (χ4v) is 4.70. The fourth-order valence-electron chi connectivity index (χ4n) is 3.96. The van der Waals surface area contributed by atoms with Gasteiger partial charge in [0.1, 0.15) is 11.5 Å². The molecule has 0 fully saturated rings. The summed E-state index contributed by atoms with van der Waals surface area (Å²) in [7, 11) is 3.25. The molecule has 10 heteroatoms. The molecule has 0 spiro atoms. The highest BCUT2D eigenvalue weighted by Crippen LogP contribution is 2.29. The molecule has 0 radical (unpaired) electrons. The van der Waals surface area contributed by atoms with Crippen LogP contribution in [0.4, 0.5) is 5.69 Å². The van der Waals surface area contributed by atoms with Crippen molar-refractivity contribution < 1.29 is 14.3 Å². The number of rotatable bonds is 12. The largest absolute Gasteiger partial charge is 0.497 e. The van der Waals surface area contributed by atoms with E-state index in [1.807, 2.05) is 65.2 Å². The topological polar surface area (TPSA) is 93.9 Å². The van der Waals surface area contributed by atoms with Gasteiger partial charge in [-0.2, -0.15) is 5.10 Å². The Bertz CT molecular complexity index is 1380. The maximum absolute atomic E-state index is 12.6. The van der Waals surface area contributed by atoms with Crippen molar-refractivity contribution in [3.05, 3.63) is 78.4 Å². The number of ether oxygens (including phenoxy) is 2. The molecule has 9 nitrogen and oxygen atoms in total. The van der Waals surface area contributed by atoms with E-state index in [2.05, 4.69) is 51.6 Å². The van der Waals surface area contributed by atoms with Crippen molar-refractivity contribution in [3.63, 3.8) is 0 Å². The second-order valence-electron chi connectivity index (χ2n) is 8.41. The first kappa shape index (κ1) is 27.7. The zero-order chi connectivity index (χ0) is 27.6. The lowest BCUT2D eigenvalue weighted by atomic mass is 10.2. The lowest BCUT2D eigenvalue weighted by molar-refractivity contribution is -0.118. The molecule has 39 heavy (non-hydrogen) atoms.